The van der Waals surface area contributed by atoms with Crippen molar-refractivity contribution in [2.75, 3.05) is 6.61 Å². The monoisotopic (exact) mass is 198 g/mol. The van der Waals surface area contributed by atoms with Gasteiger partial charge in [0.25, 0.3) is 0 Å². The summed E-state index contributed by atoms with van der Waals surface area (Å²) in [6.45, 7) is 5.94. The van der Waals surface area contributed by atoms with Crippen LogP contribution in [0.1, 0.15) is 27.2 Å². The molecule has 0 N–H and O–H groups in total. The summed E-state index contributed by atoms with van der Waals surface area (Å²) in [5.41, 5.74) is -1.28. The van der Waals surface area contributed by atoms with E-state index in [1.807, 2.05) is 13.8 Å². The Hall–Kier alpha value is -1.06. The zero-order valence-electron chi connectivity index (χ0n) is 8.62. The molecule has 0 aromatic carbocycles. The first-order valence-electron chi connectivity index (χ1n) is 4.75. The van der Waals surface area contributed by atoms with Crippen LogP contribution in [-0.4, -0.2) is 24.1 Å². The van der Waals surface area contributed by atoms with E-state index in [2.05, 4.69) is 0 Å². The Balaban J connectivity index is 2.41. The van der Waals surface area contributed by atoms with Crippen LogP contribution in [0.4, 0.5) is 0 Å². The molecule has 0 unspecified atom stereocenters. The van der Waals surface area contributed by atoms with Crippen LogP contribution in [0.5, 0.6) is 0 Å². The summed E-state index contributed by atoms with van der Waals surface area (Å²) < 4.78 is 10.1. The van der Waals surface area contributed by atoms with E-state index in [0.717, 1.165) is 0 Å². The van der Waals surface area contributed by atoms with Crippen molar-refractivity contribution in [3.8, 4) is 0 Å². The van der Waals surface area contributed by atoms with Gasteiger partial charge in [-0.1, -0.05) is 13.8 Å². The molecule has 0 spiro atoms. The third-order valence-corrected chi connectivity index (χ3v) is 3.32. The molecular formula is C10H14O4. The van der Waals surface area contributed by atoms with E-state index in [9.17, 15) is 9.59 Å². The van der Waals surface area contributed by atoms with Crippen molar-refractivity contribution < 1.29 is 19.1 Å². The Kier molecular flexibility index (Phi) is 1.69. The predicted molar refractivity (Wildman–Crippen MR) is 47.3 cm³/mol. The summed E-state index contributed by atoms with van der Waals surface area (Å²) in [5, 5.41) is 0. The van der Waals surface area contributed by atoms with E-state index >= 15 is 0 Å². The molecule has 4 heteroatoms. The minimum absolute atomic E-state index is 0.0276. The average Bonchev–Trinajstić information content (AvgIpc) is 2.26. The van der Waals surface area contributed by atoms with E-state index in [4.69, 9.17) is 9.47 Å². The molecule has 0 aliphatic carbocycles. The number of hydrogen-bond acceptors (Lipinski definition) is 4. The zero-order chi connectivity index (χ0) is 10.6. The van der Waals surface area contributed by atoms with Crippen LogP contribution in [0.2, 0.25) is 0 Å². The number of ether oxygens (including phenoxy) is 2. The Morgan fingerprint density at radius 3 is 2.57 bits per heavy atom. The largest absolute Gasteiger partial charge is 0.462 e. The third-order valence-electron chi connectivity index (χ3n) is 3.32. The highest BCUT2D eigenvalue weighted by molar-refractivity contribution is 5.87. The maximum atomic E-state index is 11.5. The average molecular weight is 198 g/mol. The lowest BCUT2D eigenvalue weighted by atomic mass is 9.68. The van der Waals surface area contributed by atoms with E-state index in [0.29, 0.717) is 13.0 Å². The fourth-order valence-corrected chi connectivity index (χ4v) is 2.46. The highest BCUT2D eigenvalue weighted by atomic mass is 16.6. The molecule has 78 valence electrons. The van der Waals surface area contributed by atoms with Crippen LogP contribution in [0.3, 0.4) is 0 Å². The Labute approximate surface area is 82.6 Å². The van der Waals surface area contributed by atoms with Crippen molar-refractivity contribution in [1.82, 2.24) is 0 Å². The predicted octanol–water partition coefficient (Wildman–Crippen LogP) is 0.891. The van der Waals surface area contributed by atoms with E-state index in [1.165, 1.54) is 0 Å². The van der Waals surface area contributed by atoms with Crippen LogP contribution >= 0.6 is 0 Å². The van der Waals surface area contributed by atoms with Gasteiger partial charge in [-0.05, 0) is 12.3 Å². The summed E-state index contributed by atoms with van der Waals surface area (Å²) in [7, 11) is 0. The molecule has 0 amide bonds. The molecule has 2 aliphatic rings. The van der Waals surface area contributed by atoms with Crippen LogP contribution < -0.4 is 0 Å². The lowest BCUT2D eigenvalue weighted by Gasteiger charge is -2.42. The molecule has 0 bridgehead atoms. The van der Waals surface area contributed by atoms with Crippen molar-refractivity contribution >= 4 is 11.9 Å². The summed E-state index contributed by atoms with van der Waals surface area (Å²) in [5.74, 6) is -0.753. The highest BCUT2D eigenvalue weighted by Gasteiger charge is 2.61. The number of fused-ring (bicyclic) bond motifs is 1. The Morgan fingerprint density at radius 1 is 1.29 bits per heavy atom. The number of esters is 2. The molecule has 2 rings (SSSR count). The second-order valence-corrected chi connectivity index (χ2v) is 4.90. The number of hydrogen-bond donors (Lipinski definition) is 0. The minimum Gasteiger partial charge on any atom is -0.462 e. The van der Waals surface area contributed by atoms with Crippen LogP contribution in [-0.2, 0) is 19.1 Å². The number of cyclic esters (lactones) is 1. The van der Waals surface area contributed by atoms with Gasteiger partial charge in [0.15, 0.2) is 0 Å². The summed E-state index contributed by atoms with van der Waals surface area (Å²) in [6, 6.07) is 0. The van der Waals surface area contributed by atoms with Crippen LogP contribution in [0, 0.1) is 11.3 Å². The van der Waals surface area contributed by atoms with Gasteiger partial charge in [0, 0.05) is 5.92 Å². The van der Waals surface area contributed by atoms with Gasteiger partial charge in [-0.15, -0.1) is 0 Å². The summed E-state index contributed by atoms with van der Waals surface area (Å²) in [6.07, 6.45) is 0.351. The molecule has 4 nitrogen and oxygen atoms in total. The summed E-state index contributed by atoms with van der Waals surface area (Å²) in [4.78, 5) is 22.8. The number of carbonyl (C=O) groups excluding carboxylic acids is 2. The smallest absolute Gasteiger partial charge is 0.350 e. The molecule has 2 heterocycles. The normalized spacial score (nSPS) is 40.1. The number of carbonyl (C=O) groups is 2. The summed E-state index contributed by atoms with van der Waals surface area (Å²) >= 11 is 0. The zero-order valence-corrected chi connectivity index (χ0v) is 8.62. The Morgan fingerprint density at radius 2 is 1.93 bits per heavy atom. The van der Waals surface area contributed by atoms with Gasteiger partial charge < -0.3 is 9.47 Å². The lowest BCUT2D eigenvalue weighted by Crippen LogP contribution is -2.53. The van der Waals surface area contributed by atoms with Crippen molar-refractivity contribution in [3.63, 3.8) is 0 Å². The minimum atomic E-state index is -1.06. The van der Waals surface area contributed by atoms with Gasteiger partial charge in [-0.25, -0.2) is 4.79 Å². The van der Waals surface area contributed by atoms with Gasteiger partial charge >= 0.3 is 11.9 Å². The molecule has 0 saturated carbocycles. The first kappa shape index (κ1) is 9.49. The Bertz CT molecular complexity index is 307. The second-order valence-electron chi connectivity index (χ2n) is 4.90. The molecule has 2 fully saturated rings. The maximum absolute atomic E-state index is 11.5. The molecule has 2 aliphatic heterocycles. The second kappa shape index (κ2) is 2.49. The first-order chi connectivity index (χ1) is 6.36. The van der Waals surface area contributed by atoms with E-state index in [-0.39, 0.29) is 17.3 Å². The van der Waals surface area contributed by atoms with E-state index in [1.54, 1.807) is 6.92 Å². The molecule has 14 heavy (non-hydrogen) atoms. The van der Waals surface area contributed by atoms with Crippen molar-refractivity contribution in [3.05, 3.63) is 0 Å². The fourth-order valence-electron chi connectivity index (χ4n) is 2.46. The van der Waals surface area contributed by atoms with Crippen molar-refractivity contribution in [2.45, 2.75) is 32.8 Å². The molecule has 2 saturated heterocycles. The van der Waals surface area contributed by atoms with Gasteiger partial charge in [0.2, 0.25) is 5.60 Å². The SMILES string of the molecule is CC1(C)CC(=O)O[C@@]2(C)C(=O)OC[C@@H]12. The molecule has 0 radical (unpaired) electrons. The van der Waals surface area contributed by atoms with Gasteiger partial charge in [-0.3, -0.25) is 4.79 Å². The first-order valence-corrected chi connectivity index (χ1v) is 4.75. The number of rotatable bonds is 0. The van der Waals surface area contributed by atoms with Crippen LogP contribution in [0.25, 0.3) is 0 Å². The van der Waals surface area contributed by atoms with Gasteiger partial charge in [0.1, 0.15) is 0 Å². The third kappa shape index (κ3) is 1.06. The van der Waals surface area contributed by atoms with Crippen molar-refractivity contribution in [2.24, 2.45) is 11.3 Å². The topological polar surface area (TPSA) is 52.6 Å². The van der Waals surface area contributed by atoms with Gasteiger partial charge in [-0.2, -0.15) is 0 Å². The molecule has 0 aromatic heterocycles. The fraction of sp³-hybridized carbons (Fsp3) is 0.800. The molecule has 0 aromatic rings. The standard InChI is InChI=1S/C10H14O4/c1-9(2)4-7(11)14-10(3)6(9)5-13-8(10)12/h6H,4-5H2,1-3H3/t6-,10+/m0/s1. The van der Waals surface area contributed by atoms with Crippen molar-refractivity contribution in [1.29, 1.82) is 0 Å². The van der Waals surface area contributed by atoms with Gasteiger partial charge in [0.05, 0.1) is 13.0 Å². The quantitative estimate of drug-likeness (QED) is 0.542. The maximum Gasteiger partial charge on any atom is 0.350 e. The molecular weight excluding hydrogens is 184 g/mol. The van der Waals surface area contributed by atoms with Crippen LogP contribution in [0.15, 0.2) is 0 Å². The highest BCUT2D eigenvalue weighted by Crippen LogP contribution is 2.48. The molecule has 2 atom stereocenters. The lowest BCUT2D eigenvalue weighted by molar-refractivity contribution is -0.188. The van der Waals surface area contributed by atoms with E-state index < -0.39 is 11.6 Å².